The van der Waals surface area contributed by atoms with E-state index in [4.69, 9.17) is 6.42 Å². The van der Waals surface area contributed by atoms with E-state index in [2.05, 4.69) is 10.9 Å². The molecule has 1 unspecified atom stereocenters. The number of fused-ring (bicyclic) bond motifs is 1. The van der Waals surface area contributed by atoms with Crippen LogP contribution in [0, 0.1) is 22.5 Å². The average Bonchev–Trinajstić information content (AvgIpc) is 3.15. The first-order valence-electron chi connectivity index (χ1n) is 10.6. The molecule has 0 saturated carbocycles. The van der Waals surface area contributed by atoms with Crippen LogP contribution in [0.15, 0.2) is 52.4 Å². The summed E-state index contributed by atoms with van der Waals surface area (Å²) in [7, 11) is -3.64. The Labute approximate surface area is 200 Å². The zero-order valence-electron chi connectivity index (χ0n) is 18.4. The number of non-ortho nitro benzene ring substituents is 1. The molecule has 0 N–H and O–H groups in total. The number of nitrogens with zero attached hydrogens (tertiary/aromatic N) is 4. The van der Waals surface area contributed by atoms with Crippen molar-refractivity contribution in [3.8, 4) is 12.3 Å². The SMILES string of the molecule is C#CCn1c(=NC(=O)c2ccc(S(=O)(=O)N3CCCCC3C)cc2)sc2cc([N+](=O)[O-])ccc21. The van der Waals surface area contributed by atoms with E-state index in [0.29, 0.717) is 21.6 Å². The van der Waals surface area contributed by atoms with Crippen LogP contribution in [0.2, 0.25) is 0 Å². The molecule has 11 heteroatoms. The summed E-state index contributed by atoms with van der Waals surface area (Å²) in [5.74, 6) is 1.94. The maximum Gasteiger partial charge on any atom is 0.279 e. The second-order valence-corrected chi connectivity index (χ2v) is 10.9. The summed E-state index contributed by atoms with van der Waals surface area (Å²) in [6.07, 6.45) is 8.13. The van der Waals surface area contributed by atoms with Crippen LogP contribution in [0.25, 0.3) is 10.2 Å². The van der Waals surface area contributed by atoms with Gasteiger partial charge >= 0.3 is 0 Å². The van der Waals surface area contributed by atoms with Gasteiger partial charge in [-0.1, -0.05) is 23.7 Å². The van der Waals surface area contributed by atoms with E-state index in [1.807, 2.05) is 6.92 Å². The highest BCUT2D eigenvalue weighted by atomic mass is 32.2. The molecule has 1 fully saturated rings. The van der Waals surface area contributed by atoms with Crippen LogP contribution in [0.1, 0.15) is 36.5 Å². The van der Waals surface area contributed by atoms with Crippen LogP contribution >= 0.6 is 11.3 Å². The summed E-state index contributed by atoms with van der Waals surface area (Å²) in [5, 5.41) is 11.1. The fraction of sp³-hybridized carbons (Fsp3) is 0.304. The van der Waals surface area contributed by atoms with Crippen molar-refractivity contribution in [3.63, 3.8) is 0 Å². The van der Waals surface area contributed by atoms with Crippen molar-refractivity contribution in [3.05, 3.63) is 62.9 Å². The Morgan fingerprint density at radius 1 is 1.26 bits per heavy atom. The minimum atomic E-state index is -3.64. The average molecular weight is 499 g/mol. The second-order valence-electron chi connectivity index (χ2n) is 7.99. The number of amides is 1. The molecular weight excluding hydrogens is 476 g/mol. The number of nitro groups is 1. The summed E-state index contributed by atoms with van der Waals surface area (Å²) in [4.78, 5) is 28.0. The summed E-state index contributed by atoms with van der Waals surface area (Å²) in [5.41, 5.74) is 0.790. The highest BCUT2D eigenvalue weighted by Gasteiger charge is 2.30. The molecule has 1 aliphatic heterocycles. The number of rotatable bonds is 5. The lowest BCUT2D eigenvalue weighted by molar-refractivity contribution is -0.384. The van der Waals surface area contributed by atoms with Gasteiger partial charge in [-0.2, -0.15) is 9.30 Å². The zero-order valence-corrected chi connectivity index (χ0v) is 20.0. The third-order valence-electron chi connectivity index (χ3n) is 5.77. The molecule has 4 rings (SSSR count). The van der Waals surface area contributed by atoms with Gasteiger partial charge in [0.25, 0.3) is 11.6 Å². The number of aromatic nitrogens is 1. The van der Waals surface area contributed by atoms with Crippen LogP contribution in [0.3, 0.4) is 0 Å². The quantitative estimate of drug-likeness (QED) is 0.303. The van der Waals surface area contributed by atoms with Crippen molar-refractivity contribution in [2.45, 2.75) is 43.7 Å². The summed E-state index contributed by atoms with van der Waals surface area (Å²) in [6, 6.07) is 10.0. The standard InChI is InChI=1S/C23H22N4O5S2/c1-3-13-25-20-12-9-18(27(29)30)15-21(20)33-23(25)24-22(28)17-7-10-19(11-8-17)34(31,32)26-14-5-4-6-16(26)2/h1,7-12,15-16H,4-6,13-14H2,2H3. The summed E-state index contributed by atoms with van der Waals surface area (Å²) in [6.45, 7) is 2.52. The Morgan fingerprint density at radius 3 is 2.65 bits per heavy atom. The van der Waals surface area contributed by atoms with Gasteiger partial charge in [-0.3, -0.25) is 14.9 Å². The molecule has 1 aliphatic rings. The van der Waals surface area contributed by atoms with Gasteiger partial charge < -0.3 is 4.57 Å². The van der Waals surface area contributed by atoms with E-state index in [9.17, 15) is 23.3 Å². The van der Waals surface area contributed by atoms with Gasteiger partial charge in [0.15, 0.2) is 4.80 Å². The van der Waals surface area contributed by atoms with Gasteiger partial charge in [-0.15, -0.1) is 6.42 Å². The Balaban J connectivity index is 1.67. The Bertz CT molecular complexity index is 1480. The van der Waals surface area contributed by atoms with Crippen molar-refractivity contribution >= 4 is 43.2 Å². The molecule has 34 heavy (non-hydrogen) atoms. The molecular formula is C23H22N4O5S2. The van der Waals surface area contributed by atoms with Crippen LogP contribution in [-0.2, 0) is 16.6 Å². The zero-order chi connectivity index (χ0) is 24.5. The number of benzene rings is 2. The maximum absolute atomic E-state index is 13.0. The smallest absolute Gasteiger partial charge is 0.279 e. The molecule has 0 radical (unpaired) electrons. The molecule has 0 bridgehead atoms. The first-order chi connectivity index (χ1) is 16.2. The molecule has 1 amide bonds. The minimum Gasteiger partial charge on any atom is -0.305 e. The Morgan fingerprint density at radius 2 is 2.00 bits per heavy atom. The van der Waals surface area contributed by atoms with Crippen molar-refractivity contribution in [1.29, 1.82) is 0 Å². The molecule has 1 atom stereocenters. The second kappa shape index (κ2) is 9.50. The highest BCUT2D eigenvalue weighted by Crippen LogP contribution is 2.26. The van der Waals surface area contributed by atoms with Gasteiger partial charge in [0, 0.05) is 30.3 Å². The lowest BCUT2D eigenvalue weighted by atomic mass is 10.1. The lowest BCUT2D eigenvalue weighted by Gasteiger charge is -2.32. The van der Waals surface area contributed by atoms with Crippen molar-refractivity contribution in [2.75, 3.05) is 6.54 Å². The number of hydrogen-bond donors (Lipinski definition) is 0. The molecule has 3 aromatic rings. The maximum atomic E-state index is 13.0. The van der Waals surface area contributed by atoms with Gasteiger partial charge in [0.1, 0.15) is 0 Å². The van der Waals surface area contributed by atoms with Crippen LogP contribution in [0.4, 0.5) is 5.69 Å². The van der Waals surface area contributed by atoms with E-state index >= 15 is 0 Å². The van der Waals surface area contributed by atoms with Gasteiger partial charge in [-0.25, -0.2) is 8.42 Å². The highest BCUT2D eigenvalue weighted by molar-refractivity contribution is 7.89. The first kappa shape index (κ1) is 23.8. The fourth-order valence-electron chi connectivity index (χ4n) is 3.99. The van der Waals surface area contributed by atoms with Crippen LogP contribution in [-0.4, -0.2) is 40.7 Å². The van der Waals surface area contributed by atoms with Crippen LogP contribution in [0.5, 0.6) is 0 Å². The third kappa shape index (κ3) is 4.52. The molecule has 0 aliphatic carbocycles. The summed E-state index contributed by atoms with van der Waals surface area (Å²) < 4.78 is 29.7. The molecule has 9 nitrogen and oxygen atoms in total. The number of thiazole rings is 1. The number of sulfonamides is 1. The fourth-order valence-corrected chi connectivity index (χ4v) is 6.75. The third-order valence-corrected chi connectivity index (χ3v) is 8.84. The number of terminal acetylenes is 1. The topological polar surface area (TPSA) is 115 Å². The largest absolute Gasteiger partial charge is 0.305 e. The predicted molar refractivity (Wildman–Crippen MR) is 129 cm³/mol. The monoisotopic (exact) mass is 498 g/mol. The van der Waals surface area contributed by atoms with Crippen LogP contribution < -0.4 is 4.80 Å². The van der Waals surface area contributed by atoms with E-state index in [0.717, 1.165) is 30.6 Å². The Kier molecular flexibility index (Phi) is 6.65. The van der Waals surface area contributed by atoms with E-state index in [1.165, 1.54) is 40.7 Å². The summed E-state index contributed by atoms with van der Waals surface area (Å²) >= 11 is 1.12. The van der Waals surface area contributed by atoms with E-state index in [-0.39, 0.29) is 28.7 Å². The molecule has 1 aromatic heterocycles. The first-order valence-corrected chi connectivity index (χ1v) is 12.9. The van der Waals surface area contributed by atoms with Gasteiger partial charge in [-0.05, 0) is 50.1 Å². The number of carbonyl (C=O) groups is 1. The predicted octanol–water partition coefficient (Wildman–Crippen LogP) is 3.55. The van der Waals surface area contributed by atoms with E-state index < -0.39 is 20.9 Å². The number of hydrogen-bond acceptors (Lipinski definition) is 6. The number of nitro benzene ring substituents is 1. The normalized spacial score (nSPS) is 17.5. The molecule has 176 valence electrons. The molecule has 2 heterocycles. The molecule has 2 aromatic carbocycles. The lowest BCUT2D eigenvalue weighted by Crippen LogP contribution is -2.41. The number of piperidine rings is 1. The molecule has 0 spiro atoms. The van der Waals surface area contributed by atoms with Crippen molar-refractivity contribution in [1.82, 2.24) is 8.87 Å². The van der Waals surface area contributed by atoms with Crippen molar-refractivity contribution in [2.24, 2.45) is 4.99 Å². The Hall–Kier alpha value is -3.33. The number of carbonyl (C=O) groups excluding carboxylic acids is 1. The van der Waals surface area contributed by atoms with E-state index in [1.54, 1.807) is 10.6 Å². The van der Waals surface area contributed by atoms with Crippen molar-refractivity contribution < 1.29 is 18.1 Å². The van der Waals surface area contributed by atoms with Gasteiger partial charge in [0.2, 0.25) is 10.0 Å². The molecule has 1 saturated heterocycles. The minimum absolute atomic E-state index is 0.0644. The van der Waals surface area contributed by atoms with Gasteiger partial charge in [0.05, 0.1) is 26.6 Å².